The molecule has 8 heteroatoms. The van der Waals surface area contributed by atoms with Crippen molar-refractivity contribution >= 4 is 44.7 Å². The first-order chi connectivity index (χ1) is 7.65. The standard InChI is InChI=1S/C8H11N5S3/c1-13(2)7-11-12-8(16-7)14-4-5-3-10-6(9)15-5/h3H,4H2,1-2H3,(H2,9,10). The van der Waals surface area contributed by atoms with Gasteiger partial charge in [0.1, 0.15) is 0 Å². The van der Waals surface area contributed by atoms with E-state index in [4.69, 9.17) is 5.73 Å². The summed E-state index contributed by atoms with van der Waals surface area (Å²) in [6.07, 6.45) is 1.81. The van der Waals surface area contributed by atoms with Gasteiger partial charge in [-0.1, -0.05) is 23.1 Å². The summed E-state index contributed by atoms with van der Waals surface area (Å²) in [6, 6.07) is 0. The molecule has 0 spiro atoms. The largest absolute Gasteiger partial charge is 0.375 e. The van der Waals surface area contributed by atoms with Crippen LogP contribution in [0.3, 0.4) is 0 Å². The first-order valence-corrected chi connectivity index (χ1v) is 7.11. The molecule has 0 aliphatic heterocycles. The first-order valence-electron chi connectivity index (χ1n) is 4.49. The van der Waals surface area contributed by atoms with E-state index >= 15 is 0 Å². The fourth-order valence-corrected chi connectivity index (χ4v) is 3.43. The van der Waals surface area contributed by atoms with Gasteiger partial charge in [0.2, 0.25) is 5.13 Å². The number of hydrogen-bond acceptors (Lipinski definition) is 8. The van der Waals surface area contributed by atoms with E-state index in [-0.39, 0.29) is 0 Å². The van der Waals surface area contributed by atoms with Crippen LogP contribution in [-0.2, 0) is 5.75 Å². The average molecular weight is 273 g/mol. The zero-order valence-corrected chi connectivity index (χ0v) is 11.3. The van der Waals surface area contributed by atoms with E-state index in [1.54, 1.807) is 29.3 Å². The summed E-state index contributed by atoms with van der Waals surface area (Å²) in [5.41, 5.74) is 5.56. The molecule has 0 fully saturated rings. The Morgan fingerprint density at radius 2 is 2.19 bits per heavy atom. The summed E-state index contributed by atoms with van der Waals surface area (Å²) in [4.78, 5) is 7.11. The van der Waals surface area contributed by atoms with Crippen molar-refractivity contribution in [2.75, 3.05) is 24.7 Å². The van der Waals surface area contributed by atoms with Crippen molar-refractivity contribution < 1.29 is 0 Å². The van der Waals surface area contributed by atoms with Gasteiger partial charge in [-0.2, -0.15) is 0 Å². The predicted octanol–water partition coefficient (Wildman–Crippen LogP) is 1.94. The number of thiazole rings is 1. The molecular weight excluding hydrogens is 262 g/mol. The maximum absolute atomic E-state index is 5.56. The molecule has 0 unspecified atom stereocenters. The molecule has 0 bridgehead atoms. The van der Waals surface area contributed by atoms with Crippen molar-refractivity contribution in [3.05, 3.63) is 11.1 Å². The van der Waals surface area contributed by atoms with Crippen molar-refractivity contribution in [2.45, 2.75) is 10.1 Å². The van der Waals surface area contributed by atoms with Crippen molar-refractivity contribution in [2.24, 2.45) is 0 Å². The normalized spacial score (nSPS) is 10.6. The number of nitrogens with two attached hydrogens (primary N) is 1. The Bertz CT molecular complexity index is 464. The Hall–Kier alpha value is -0.860. The van der Waals surface area contributed by atoms with Gasteiger partial charge in [-0.25, -0.2) is 4.98 Å². The van der Waals surface area contributed by atoms with Gasteiger partial charge in [-0.3, -0.25) is 0 Å². The van der Waals surface area contributed by atoms with Crippen LogP contribution in [0.1, 0.15) is 4.88 Å². The van der Waals surface area contributed by atoms with Crippen LogP contribution in [-0.4, -0.2) is 29.3 Å². The Morgan fingerprint density at radius 3 is 2.75 bits per heavy atom. The third-order valence-corrected chi connectivity index (χ3v) is 4.97. The van der Waals surface area contributed by atoms with Gasteiger partial charge >= 0.3 is 0 Å². The zero-order chi connectivity index (χ0) is 11.5. The van der Waals surface area contributed by atoms with Crippen LogP contribution < -0.4 is 10.6 Å². The highest BCUT2D eigenvalue weighted by atomic mass is 32.2. The topological polar surface area (TPSA) is 67.9 Å². The van der Waals surface area contributed by atoms with Gasteiger partial charge in [0.15, 0.2) is 9.47 Å². The van der Waals surface area contributed by atoms with Gasteiger partial charge in [0.25, 0.3) is 0 Å². The highest BCUT2D eigenvalue weighted by molar-refractivity contribution is 8.00. The second-order valence-electron chi connectivity index (χ2n) is 3.20. The summed E-state index contributed by atoms with van der Waals surface area (Å²) >= 11 is 4.76. The molecule has 86 valence electrons. The number of hydrogen-bond donors (Lipinski definition) is 1. The highest BCUT2D eigenvalue weighted by Crippen LogP contribution is 2.30. The molecule has 0 amide bonds. The lowest BCUT2D eigenvalue weighted by Gasteiger charge is -2.03. The number of anilines is 2. The first kappa shape index (κ1) is 11.6. The third-order valence-electron chi connectivity index (χ3n) is 1.69. The maximum Gasteiger partial charge on any atom is 0.208 e. The van der Waals surface area contributed by atoms with E-state index in [9.17, 15) is 0 Å². The van der Waals surface area contributed by atoms with E-state index < -0.39 is 0 Å². The van der Waals surface area contributed by atoms with Crippen molar-refractivity contribution in [1.82, 2.24) is 15.2 Å². The van der Waals surface area contributed by atoms with Gasteiger partial charge in [0, 0.05) is 30.9 Å². The predicted molar refractivity (Wildman–Crippen MR) is 70.3 cm³/mol. The quantitative estimate of drug-likeness (QED) is 0.859. The smallest absolute Gasteiger partial charge is 0.208 e. The molecule has 5 nitrogen and oxygen atoms in total. The number of aromatic nitrogens is 3. The Kier molecular flexibility index (Phi) is 3.62. The monoisotopic (exact) mass is 273 g/mol. The summed E-state index contributed by atoms with van der Waals surface area (Å²) in [6.45, 7) is 0. The lowest BCUT2D eigenvalue weighted by molar-refractivity contribution is 0.972. The van der Waals surface area contributed by atoms with Crippen molar-refractivity contribution in [3.8, 4) is 0 Å². The van der Waals surface area contributed by atoms with Crippen LogP contribution in [0.15, 0.2) is 10.5 Å². The number of nitrogens with zero attached hydrogens (tertiary/aromatic N) is 4. The van der Waals surface area contributed by atoms with Gasteiger partial charge < -0.3 is 10.6 Å². The summed E-state index contributed by atoms with van der Waals surface area (Å²) in [5, 5.41) is 9.71. The number of thioether (sulfide) groups is 1. The van der Waals surface area contributed by atoms with Crippen LogP contribution in [0.25, 0.3) is 0 Å². The lowest BCUT2D eigenvalue weighted by Crippen LogP contribution is -2.07. The second-order valence-corrected chi connectivity index (χ2v) is 6.52. The molecule has 0 aliphatic carbocycles. The van der Waals surface area contributed by atoms with E-state index in [2.05, 4.69) is 15.2 Å². The molecule has 2 N–H and O–H groups in total. The maximum atomic E-state index is 5.56. The van der Waals surface area contributed by atoms with Gasteiger partial charge in [-0.15, -0.1) is 21.5 Å². The average Bonchev–Trinajstić information content (AvgIpc) is 2.83. The molecule has 0 aliphatic rings. The van der Waals surface area contributed by atoms with Crippen LogP contribution in [0.5, 0.6) is 0 Å². The van der Waals surface area contributed by atoms with E-state index in [0.29, 0.717) is 5.13 Å². The molecule has 2 heterocycles. The fourth-order valence-electron chi connectivity index (χ4n) is 0.964. The molecule has 0 saturated carbocycles. The molecule has 16 heavy (non-hydrogen) atoms. The van der Waals surface area contributed by atoms with Crippen molar-refractivity contribution in [1.29, 1.82) is 0 Å². The molecule has 0 aromatic carbocycles. The summed E-state index contributed by atoms with van der Waals surface area (Å²) in [7, 11) is 3.91. The van der Waals surface area contributed by atoms with E-state index in [0.717, 1.165) is 20.1 Å². The summed E-state index contributed by atoms with van der Waals surface area (Å²) in [5.74, 6) is 0.844. The Morgan fingerprint density at radius 1 is 1.38 bits per heavy atom. The van der Waals surface area contributed by atoms with Crippen molar-refractivity contribution in [3.63, 3.8) is 0 Å². The SMILES string of the molecule is CN(C)c1nnc(SCc2cnc(N)s2)s1. The zero-order valence-electron chi connectivity index (χ0n) is 8.88. The molecule has 0 atom stereocenters. The van der Waals surface area contributed by atoms with Crippen LogP contribution in [0.4, 0.5) is 10.3 Å². The number of nitrogen functional groups attached to an aromatic ring is 1. The third kappa shape index (κ3) is 2.83. The lowest BCUT2D eigenvalue weighted by atomic mass is 10.6. The Balaban J connectivity index is 1.94. The minimum atomic E-state index is 0.613. The molecule has 0 saturated heterocycles. The minimum Gasteiger partial charge on any atom is -0.375 e. The van der Waals surface area contributed by atoms with Crippen LogP contribution in [0.2, 0.25) is 0 Å². The fraction of sp³-hybridized carbons (Fsp3) is 0.375. The molecule has 2 aromatic rings. The van der Waals surface area contributed by atoms with Gasteiger partial charge in [0.05, 0.1) is 0 Å². The highest BCUT2D eigenvalue weighted by Gasteiger charge is 2.07. The van der Waals surface area contributed by atoms with Crippen LogP contribution in [0, 0.1) is 0 Å². The molecule has 2 aromatic heterocycles. The number of rotatable bonds is 4. The van der Waals surface area contributed by atoms with E-state index in [1.165, 1.54) is 11.3 Å². The minimum absolute atomic E-state index is 0.613. The molecular formula is C8H11N5S3. The van der Waals surface area contributed by atoms with E-state index in [1.807, 2.05) is 19.0 Å². The molecule has 2 rings (SSSR count). The molecule has 0 radical (unpaired) electrons. The van der Waals surface area contributed by atoms with Gasteiger partial charge in [-0.05, 0) is 0 Å². The Labute approximate surface area is 106 Å². The summed E-state index contributed by atoms with van der Waals surface area (Å²) < 4.78 is 0.968. The second kappa shape index (κ2) is 4.98. The van der Waals surface area contributed by atoms with Crippen LogP contribution >= 0.6 is 34.4 Å².